The predicted octanol–water partition coefficient (Wildman–Crippen LogP) is 5.10. The first-order valence-corrected chi connectivity index (χ1v) is 6.83. The number of halogens is 1. The van der Waals surface area contributed by atoms with Gasteiger partial charge in [-0.2, -0.15) is 0 Å². The van der Waals surface area contributed by atoms with Crippen LogP contribution in [-0.2, 0) is 11.8 Å². The molecule has 0 N–H and O–H groups in total. The smallest absolute Gasteiger partial charge is 0.123 e. The average molecular weight is 236 g/mol. The fraction of sp³-hybridized carbons (Fsp3) is 0.625. The Labute approximate surface area is 105 Å². The quantitative estimate of drug-likeness (QED) is 0.636. The average Bonchev–Trinajstić information content (AvgIpc) is 2.33. The lowest BCUT2D eigenvalue weighted by molar-refractivity contribution is 0.289. The summed E-state index contributed by atoms with van der Waals surface area (Å²) in [6.45, 7) is 10.7. The van der Waals surface area contributed by atoms with E-state index in [4.69, 9.17) is 0 Å². The molecule has 1 aromatic carbocycles. The number of benzene rings is 1. The molecule has 0 fully saturated rings. The molecule has 0 bridgehead atoms. The van der Waals surface area contributed by atoms with Crippen molar-refractivity contribution in [2.45, 2.75) is 59.3 Å². The number of hydrogen-bond acceptors (Lipinski definition) is 0. The molecule has 1 aliphatic carbocycles. The Balaban J connectivity index is 0.000000686. The Morgan fingerprint density at radius 3 is 2.47 bits per heavy atom. The van der Waals surface area contributed by atoms with E-state index in [-0.39, 0.29) is 11.2 Å². The van der Waals surface area contributed by atoms with Gasteiger partial charge >= 0.3 is 0 Å². The highest BCUT2D eigenvalue weighted by Crippen LogP contribution is 2.42. The minimum atomic E-state index is -0.0949. The Kier molecular flexibility index (Phi) is 4.73. The molecule has 1 aliphatic rings. The maximum absolute atomic E-state index is 13.3. The van der Waals surface area contributed by atoms with Gasteiger partial charge in [-0.25, -0.2) is 4.39 Å². The highest BCUT2D eigenvalue weighted by atomic mass is 19.1. The Hall–Kier alpha value is -0.850. The summed E-state index contributed by atoms with van der Waals surface area (Å²) in [6.07, 6.45) is 3.52. The first kappa shape index (κ1) is 14.2. The molecule has 0 aromatic heterocycles. The van der Waals surface area contributed by atoms with Gasteiger partial charge in [0.15, 0.2) is 0 Å². The summed E-state index contributed by atoms with van der Waals surface area (Å²) in [5, 5.41) is 0. The number of hydrogen-bond donors (Lipinski definition) is 0. The predicted molar refractivity (Wildman–Crippen MR) is 72.9 cm³/mol. The van der Waals surface area contributed by atoms with Gasteiger partial charge in [0.25, 0.3) is 0 Å². The van der Waals surface area contributed by atoms with Crippen molar-refractivity contribution in [3.63, 3.8) is 0 Å². The molecule has 0 amide bonds. The van der Waals surface area contributed by atoms with Crippen LogP contribution in [0, 0.1) is 11.7 Å². The summed E-state index contributed by atoms with van der Waals surface area (Å²) in [6, 6.07) is 5.30. The van der Waals surface area contributed by atoms with Gasteiger partial charge in [-0.05, 0) is 53.9 Å². The minimum absolute atomic E-state index is 0.0949. The monoisotopic (exact) mass is 236 g/mol. The molecule has 2 rings (SSSR count). The molecule has 1 atom stereocenters. The summed E-state index contributed by atoms with van der Waals surface area (Å²) in [7, 11) is 0. The van der Waals surface area contributed by atoms with Crippen LogP contribution in [0.2, 0.25) is 0 Å². The van der Waals surface area contributed by atoms with Crippen LogP contribution in [-0.4, -0.2) is 0 Å². The van der Waals surface area contributed by atoms with E-state index in [0.717, 1.165) is 6.42 Å². The molecule has 96 valence electrons. The molecule has 0 spiro atoms. The molecule has 0 aliphatic heterocycles. The second-order valence-corrected chi connectivity index (χ2v) is 5.23. The first-order chi connectivity index (χ1) is 8.04. The van der Waals surface area contributed by atoms with E-state index in [0.29, 0.717) is 5.92 Å². The van der Waals surface area contributed by atoms with E-state index in [9.17, 15) is 4.39 Å². The van der Waals surface area contributed by atoms with Crippen molar-refractivity contribution in [3.05, 3.63) is 35.1 Å². The van der Waals surface area contributed by atoms with Gasteiger partial charge in [-0.3, -0.25) is 0 Å². The Morgan fingerprint density at radius 1 is 1.24 bits per heavy atom. The lowest BCUT2D eigenvalue weighted by atomic mass is 9.65. The second kappa shape index (κ2) is 5.66. The molecular formula is C16H25F. The number of aryl methyl sites for hydroxylation is 1. The Bertz CT molecular complexity index is 368. The van der Waals surface area contributed by atoms with Crippen LogP contribution < -0.4 is 0 Å². The molecule has 0 saturated heterocycles. The molecule has 1 heteroatoms. The van der Waals surface area contributed by atoms with Gasteiger partial charge in [0, 0.05) is 0 Å². The highest BCUT2D eigenvalue weighted by Gasteiger charge is 2.34. The van der Waals surface area contributed by atoms with Crippen molar-refractivity contribution in [2.75, 3.05) is 0 Å². The van der Waals surface area contributed by atoms with E-state index < -0.39 is 0 Å². The fourth-order valence-electron chi connectivity index (χ4n) is 2.68. The van der Waals surface area contributed by atoms with Crippen molar-refractivity contribution in [3.8, 4) is 0 Å². The van der Waals surface area contributed by atoms with E-state index >= 15 is 0 Å². The topological polar surface area (TPSA) is 0 Å². The largest absolute Gasteiger partial charge is 0.207 e. The van der Waals surface area contributed by atoms with Gasteiger partial charge in [0.05, 0.1) is 0 Å². The first-order valence-electron chi connectivity index (χ1n) is 6.83. The van der Waals surface area contributed by atoms with Crippen LogP contribution in [0.15, 0.2) is 18.2 Å². The molecule has 1 aromatic rings. The molecule has 0 radical (unpaired) electrons. The Morgan fingerprint density at radius 2 is 1.88 bits per heavy atom. The van der Waals surface area contributed by atoms with Crippen LogP contribution >= 0.6 is 0 Å². The summed E-state index contributed by atoms with van der Waals surface area (Å²) in [4.78, 5) is 0. The van der Waals surface area contributed by atoms with Crippen molar-refractivity contribution >= 4 is 0 Å². The van der Waals surface area contributed by atoms with Gasteiger partial charge in [-0.15, -0.1) is 0 Å². The van der Waals surface area contributed by atoms with E-state index in [2.05, 4.69) is 20.8 Å². The van der Waals surface area contributed by atoms with Gasteiger partial charge < -0.3 is 0 Å². The van der Waals surface area contributed by atoms with Crippen molar-refractivity contribution < 1.29 is 4.39 Å². The molecule has 0 nitrogen and oxygen atoms in total. The third kappa shape index (κ3) is 2.70. The van der Waals surface area contributed by atoms with E-state index in [1.54, 1.807) is 12.1 Å². The zero-order valence-corrected chi connectivity index (χ0v) is 11.8. The van der Waals surface area contributed by atoms with Crippen molar-refractivity contribution in [1.82, 2.24) is 0 Å². The van der Waals surface area contributed by atoms with Crippen molar-refractivity contribution in [2.24, 2.45) is 5.92 Å². The number of fused-ring (bicyclic) bond motifs is 1. The van der Waals surface area contributed by atoms with Crippen LogP contribution in [0.1, 0.15) is 58.6 Å². The van der Waals surface area contributed by atoms with Crippen LogP contribution in [0.5, 0.6) is 0 Å². The lowest BCUT2D eigenvalue weighted by Gasteiger charge is -2.39. The fourth-order valence-corrected chi connectivity index (χ4v) is 2.68. The van der Waals surface area contributed by atoms with Crippen molar-refractivity contribution in [1.29, 1.82) is 0 Å². The zero-order valence-electron chi connectivity index (χ0n) is 11.8. The summed E-state index contributed by atoms with van der Waals surface area (Å²) >= 11 is 0. The summed E-state index contributed by atoms with van der Waals surface area (Å²) < 4.78 is 13.3. The van der Waals surface area contributed by atoms with E-state index in [1.807, 2.05) is 19.9 Å². The van der Waals surface area contributed by atoms with Gasteiger partial charge in [0.1, 0.15) is 5.82 Å². The molecule has 17 heavy (non-hydrogen) atoms. The van der Waals surface area contributed by atoms with Crippen LogP contribution in [0.25, 0.3) is 0 Å². The molecule has 1 unspecified atom stereocenters. The normalized spacial score (nSPS) is 22.8. The minimum Gasteiger partial charge on any atom is -0.207 e. The summed E-state index contributed by atoms with van der Waals surface area (Å²) in [5.41, 5.74) is 2.75. The molecular weight excluding hydrogens is 211 g/mol. The maximum atomic E-state index is 13.3. The maximum Gasteiger partial charge on any atom is 0.123 e. The van der Waals surface area contributed by atoms with Crippen LogP contribution in [0.3, 0.4) is 0 Å². The third-order valence-corrected chi connectivity index (χ3v) is 4.10. The molecule has 0 heterocycles. The van der Waals surface area contributed by atoms with Gasteiger partial charge in [-0.1, -0.05) is 40.7 Å². The zero-order chi connectivity index (χ0) is 13.1. The SMILES string of the molecule is CC.CC(C)C1(C)CCCc2ccc(F)cc21. The van der Waals surface area contributed by atoms with Gasteiger partial charge in [0.2, 0.25) is 0 Å². The summed E-state index contributed by atoms with van der Waals surface area (Å²) in [5.74, 6) is 0.473. The highest BCUT2D eigenvalue weighted by molar-refractivity contribution is 5.37. The number of rotatable bonds is 1. The van der Waals surface area contributed by atoms with Crippen LogP contribution in [0.4, 0.5) is 4.39 Å². The lowest BCUT2D eigenvalue weighted by Crippen LogP contribution is -2.33. The second-order valence-electron chi connectivity index (χ2n) is 5.23. The van der Waals surface area contributed by atoms with E-state index in [1.165, 1.54) is 24.0 Å². The molecule has 0 saturated carbocycles. The standard InChI is InChI=1S/C14H19F.C2H6/c1-10(2)14(3)8-4-5-11-6-7-12(15)9-13(11)14;1-2/h6-7,9-10H,4-5,8H2,1-3H3;1-2H3. The third-order valence-electron chi connectivity index (χ3n) is 4.10.